The van der Waals surface area contributed by atoms with Gasteiger partial charge in [0.05, 0.1) is 6.42 Å². The number of nitrogens with one attached hydrogen (secondary N) is 2. The first-order valence-corrected chi connectivity index (χ1v) is 6.86. The highest BCUT2D eigenvalue weighted by atomic mass is 16.4. The summed E-state index contributed by atoms with van der Waals surface area (Å²) in [4.78, 5) is 58.6. The Morgan fingerprint density at radius 1 is 1.23 bits per heavy atom. The van der Waals surface area contributed by atoms with Crippen LogP contribution >= 0.6 is 0 Å². The van der Waals surface area contributed by atoms with Gasteiger partial charge >= 0.3 is 12.0 Å². The van der Waals surface area contributed by atoms with Gasteiger partial charge in [0.25, 0.3) is 11.8 Å². The van der Waals surface area contributed by atoms with Crippen LogP contribution in [0.1, 0.15) is 33.1 Å². The second-order valence-electron chi connectivity index (χ2n) is 5.10. The number of hydrogen-bond donors (Lipinski definition) is 3. The molecule has 1 heterocycles. The highest BCUT2D eigenvalue weighted by Crippen LogP contribution is 2.35. The van der Waals surface area contributed by atoms with Gasteiger partial charge in [-0.2, -0.15) is 0 Å². The lowest BCUT2D eigenvalue weighted by Crippen LogP contribution is -2.67. The zero-order valence-corrected chi connectivity index (χ0v) is 12.3. The average molecular weight is 310 g/mol. The standard InChI is InChI=1S/C14H18N2O6/c1-3-5-8(2)14(9(17)6-4-7-10(18)19)11(20)15-13(22)16-12(14)21/h4,6,8H,3,5,7H2,1-2H3,(H,18,19)(H2,15,16,20,21,22)/b6-4+. The molecular weight excluding hydrogens is 292 g/mol. The van der Waals surface area contributed by atoms with Crippen molar-refractivity contribution in [3.8, 4) is 0 Å². The third-order valence-electron chi connectivity index (χ3n) is 3.58. The maximum atomic E-state index is 12.4. The summed E-state index contributed by atoms with van der Waals surface area (Å²) in [7, 11) is 0. The molecule has 1 fully saturated rings. The molecule has 1 rings (SSSR count). The van der Waals surface area contributed by atoms with Crippen molar-refractivity contribution in [1.29, 1.82) is 0 Å². The zero-order chi connectivity index (χ0) is 16.9. The summed E-state index contributed by atoms with van der Waals surface area (Å²) in [6.07, 6.45) is 2.61. The van der Waals surface area contributed by atoms with Crippen LogP contribution in [0.3, 0.4) is 0 Å². The molecule has 0 aromatic heterocycles. The predicted octanol–water partition coefficient (Wildman–Crippen LogP) is 0.375. The molecule has 22 heavy (non-hydrogen) atoms. The molecule has 8 heteroatoms. The summed E-state index contributed by atoms with van der Waals surface area (Å²) in [5, 5.41) is 12.4. The van der Waals surface area contributed by atoms with Crippen molar-refractivity contribution in [2.45, 2.75) is 33.1 Å². The minimum atomic E-state index is -2.06. The van der Waals surface area contributed by atoms with Crippen LogP contribution in [0.4, 0.5) is 4.79 Å². The molecular formula is C14H18N2O6. The van der Waals surface area contributed by atoms with Gasteiger partial charge in [0.1, 0.15) is 0 Å². The van der Waals surface area contributed by atoms with E-state index in [0.29, 0.717) is 12.8 Å². The van der Waals surface area contributed by atoms with Crippen molar-refractivity contribution in [1.82, 2.24) is 10.6 Å². The van der Waals surface area contributed by atoms with Crippen LogP contribution in [0.2, 0.25) is 0 Å². The molecule has 0 aliphatic carbocycles. The molecule has 0 aromatic rings. The second kappa shape index (κ2) is 6.97. The summed E-state index contributed by atoms with van der Waals surface area (Å²) in [6.45, 7) is 3.40. The number of amides is 4. The first-order valence-electron chi connectivity index (χ1n) is 6.86. The molecule has 0 saturated carbocycles. The number of allylic oxidation sites excluding steroid dienone is 1. The Morgan fingerprint density at radius 2 is 1.77 bits per heavy atom. The fourth-order valence-electron chi connectivity index (χ4n) is 2.50. The average Bonchev–Trinajstić information content (AvgIpc) is 2.37. The number of urea groups is 1. The van der Waals surface area contributed by atoms with Crippen molar-refractivity contribution in [3.05, 3.63) is 12.2 Å². The molecule has 1 unspecified atom stereocenters. The van der Waals surface area contributed by atoms with E-state index in [1.165, 1.54) is 0 Å². The van der Waals surface area contributed by atoms with Crippen LogP contribution in [-0.4, -0.2) is 34.7 Å². The topological polar surface area (TPSA) is 130 Å². The van der Waals surface area contributed by atoms with Gasteiger partial charge in [-0.1, -0.05) is 26.3 Å². The van der Waals surface area contributed by atoms with Gasteiger partial charge < -0.3 is 5.11 Å². The van der Waals surface area contributed by atoms with Gasteiger partial charge in [0.15, 0.2) is 11.2 Å². The van der Waals surface area contributed by atoms with Gasteiger partial charge in [-0.3, -0.25) is 29.8 Å². The summed E-state index contributed by atoms with van der Waals surface area (Å²) in [6, 6.07) is -0.975. The van der Waals surface area contributed by atoms with E-state index in [-0.39, 0.29) is 0 Å². The largest absolute Gasteiger partial charge is 0.481 e. The number of imide groups is 2. The third kappa shape index (κ3) is 3.21. The summed E-state index contributed by atoms with van der Waals surface area (Å²) in [5.74, 6) is -4.59. The molecule has 1 aliphatic heterocycles. The van der Waals surface area contributed by atoms with Crippen LogP contribution in [0, 0.1) is 11.3 Å². The lowest BCUT2D eigenvalue weighted by atomic mass is 9.68. The second-order valence-corrected chi connectivity index (χ2v) is 5.10. The molecule has 4 amide bonds. The molecule has 3 N–H and O–H groups in total. The van der Waals surface area contributed by atoms with Gasteiger partial charge in [-0.25, -0.2) is 4.79 Å². The lowest BCUT2D eigenvalue weighted by Gasteiger charge is -2.36. The Bertz CT molecular complexity index is 532. The summed E-state index contributed by atoms with van der Waals surface area (Å²) < 4.78 is 0. The molecule has 0 spiro atoms. The van der Waals surface area contributed by atoms with Gasteiger partial charge in [-0.15, -0.1) is 0 Å². The Kier molecular flexibility index (Phi) is 5.56. The minimum Gasteiger partial charge on any atom is -0.481 e. The first-order chi connectivity index (χ1) is 10.3. The molecule has 0 aromatic carbocycles. The van der Waals surface area contributed by atoms with Gasteiger partial charge in [0.2, 0.25) is 0 Å². The number of carboxylic acids is 1. The van der Waals surface area contributed by atoms with Crippen LogP contribution in [0.25, 0.3) is 0 Å². The molecule has 1 atom stereocenters. The van der Waals surface area contributed by atoms with Crippen LogP contribution in [-0.2, 0) is 19.2 Å². The number of hydrogen-bond acceptors (Lipinski definition) is 5. The van der Waals surface area contributed by atoms with Gasteiger partial charge in [-0.05, 0) is 18.4 Å². The minimum absolute atomic E-state index is 0.410. The van der Waals surface area contributed by atoms with E-state index in [1.54, 1.807) is 6.92 Å². The number of carbonyl (C=O) groups is 5. The van der Waals surface area contributed by atoms with Crippen molar-refractivity contribution in [2.75, 3.05) is 0 Å². The SMILES string of the molecule is CCCC(C)C1(C(=O)/C=C/CC(=O)O)C(=O)NC(=O)NC1=O. The first kappa shape index (κ1) is 17.5. The number of carboxylic acid groups (broad SMARTS) is 1. The number of barbiturate groups is 1. The molecule has 1 saturated heterocycles. The Morgan fingerprint density at radius 3 is 2.23 bits per heavy atom. The van der Waals surface area contributed by atoms with Crippen LogP contribution in [0.5, 0.6) is 0 Å². The molecule has 0 bridgehead atoms. The van der Waals surface area contributed by atoms with Crippen LogP contribution < -0.4 is 10.6 Å². The highest BCUT2D eigenvalue weighted by molar-refractivity contribution is 6.32. The van der Waals surface area contributed by atoms with Crippen LogP contribution in [0.15, 0.2) is 12.2 Å². The number of rotatable bonds is 7. The normalized spacial score (nSPS) is 18.7. The van der Waals surface area contributed by atoms with E-state index < -0.39 is 47.4 Å². The number of aliphatic carboxylic acids is 1. The van der Waals surface area contributed by atoms with Gasteiger partial charge in [0, 0.05) is 0 Å². The Hall–Kier alpha value is -2.51. The molecule has 0 radical (unpaired) electrons. The van der Waals surface area contributed by atoms with Crippen molar-refractivity contribution in [2.24, 2.45) is 11.3 Å². The Balaban J connectivity index is 3.22. The van der Waals surface area contributed by atoms with E-state index in [1.807, 2.05) is 17.6 Å². The predicted molar refractivity (Wildman–Crippen MR) is 74.6 cm³/mol. The molecule has 120 valence electrons. The Labute approximate surface area is 126 Å². The zero-order valence-electron chi connectivity index (χ0n) is 12.3. The maximum Gasteiger partial charge on any atom is 0.328 e. The third-order valence-corrected chi connectivity index (χ3v) is 3.58. The number of ketones is 1. The fourth-order valence-corrected chi connectivity index (χ4v) is 2.50. The van der Waals surface area contributed by atoms with E-state index in [4.69, 9.17) is 5.11 Å². The monoisotopic (exact) mass is 310 g/mol. The summed E-state index contributed by atoms with van der Waals surface area (Å²) in [5.41, 5.74) is -2.06. The van der Waals surface area contributed by atoms with Crippen molar-refractivity contribution < 1.29 is 29.1 Å². The highest BCUT2D eigenvalue weighted by Gasteiger charge is 2.58. The number of carbonyl (C=O) groups excluding carboxylic acids is 4. The van der Waals surface area contributed by atoms with Crippen molar-refractivity contribution >= 4 is 29.6 Å². The maximum absolute atomic E-state index is 12.4. The lowest BCUT2D eigenvalue weighted by molar-refractivity contribution is -0.153. The molecule has 1 aliphatic rings. The van der Waals surface area contributed by atoms with E-state index in [9.17, 15) is 24.0 Å². The van der Waals surface area contributed by atoms with Crippen molar-refractivity contribution in [3.63, 3.8) is 0 Å². The molecule has 8 nitrogen and oxygen atoms in total. The van der Waals surface area contributed by atoms with E-state index in [0.717, 1.165) is 12.2 Å². The fraction of sp³-hybridized carbons (Fsp3) is 0.500. The van der Waals surface area contributed by atoms with E-state index in [2.05, 4.69) is 0 Å². The quantitative estimate of drug-likeness (QED) is 0.460. The smallest absolute Gasteiger partial charge is 0.328 e. The van der Waals surface area contributed by atoms with E-state index >= 15 is 0 Å². The summed E-state index contributed by atoms with van der Waals surface area (Å²) >= 11 is 0.